The Morgan fingerprint density at radius 2 is 2.08 bits per heavy atom. The van der Waals surface area contributed by atoms with Gasteiger partial charge in [-0.25, -0.2) is 0 Å². The topological polar surface area (TPSA) is 45.0 Å². The van der Waals surface area contributed by atoms with Gasteiger partial charge in [0.1, 0.15) is 0 Å². The number of nitrogens with one attached hydrogen (secondary N) is 1. The van der Waals surface area contributed by atoms with Gasteiger partial charge in [-0.3, -0.25) is 4.84 Å². The highest BCUT2D eigenvalue weighted by atomic mass is 35.5. The SMILES string of the molecule is N#Cc1ccc(CONCl)cc1. The summed E-state index contributed by atoms with van der Waals surface area (Å²) < 4.78 is 0. The second-order valence-corrected chi connectivity index (χ2v) is 2.33. The summed E-state index contributed by atoms with van der Waals surface area (Å²) in [7, 11) is 0. The van der Waals surface area contributed by atoms with Crippen molar-refractivity contribution in [1.82, 2.24) is 5.00 Å². The summed E-state index contributed by atoms with van der Waals surface area (Å²) in [5, 5.41) is 8.49. The molecule has 1 N–H and O–H groups in total. The highest BCUT2D eigenvalue weighted by Crippen LogP contribution is 2.03. The average Bonchev–Trinajstić information content (AvgIpc) is 2.15. The van der Waals surface area contributed by atoms with Crippen molar-refractivity contribution < 1.29 is 4.84 Å². The van der Waals surface area contributed by atoms with Crippen molar-refractivity contribution in [3.63, 3.8) is 0 Å². The van der Waals surface area contributed by atoms with Gasteiger partial charge < -0.3 is 0 Å². The molecule has 12 heavy (non-hydrogen) atoms. The fourth-order valence-corrected chi connectivity index (χ4v) is 0.841. The molecular formula is C8H7ClN2O. The lowest BCUT2D eigenvalue weighted by Crippen LogP contribution is -2.00. The predicted molar refractivity (Wildman–Crippen MR) is 44.9 cm³/mol. The molecule has 1 aromatic carbocycles. The van der Waals surface area contributed by atoms with E-state index in [1.165, 1.54) is 0 Å². The molecule has 0 fully saturated rings. The molecular weight excluding hydrogens is 176 g/mol. The van der Waals surface area contributed by atoms with Gasteiger partial charge in [0.25, 0.3) is 0 Å². The monoisotopic (exact) mass is 182 g/mol. The van der Waals surface area contributed by atoms with Gasteiger partial charge >= 0.3 is 0 Å². The van der Waals surface area contributed by atoms with E-state index in [0.717, 1.165) is 5.56 Å². The minimum Gasteiger partial charge on any atom is -0.282 e. The van der Waals surface area contributed by atoms with Crippen molar-refractivity contribution in [2.45, 2.75) is 6.61 Å². The minimum absolute atomic E-state index is 0.384. The van der Waals surface area contributed by atoms with Crippen LogP contribution in [0.4, 0.5) is 0 Å². The summed E-state index contributed by atoms with van der Waals surface area (Å²) in [6.07, 6.45) is 0. The van der Waals surface area contributed by atoms with Crippen LogP contribution in [0.15, 0.2) is 24.3 Å². The maximum Gasteiger partial charge on any atom is 0.0991 e. The predicted octanol–water partition coefficient (Wildman–Crippen LogP) is 1.73. The van der Waals surface area contributed by atoms with Gasteiger partial charge in [0.2, 0.25) is 0 Å². The molecule has 0 aliphatic rings. The van der Waals surface area contributed by atoms with Crippen molar-refractivity contribution in [2.24, 2.45) is 0 Å². The van der Waals surface area contributed by atoms with Gasteiger partial charge in [-0.2, -0.15) is 5.26 Å². The summed E-state index contributed by atoms with van der Waals surface area (Å²) in [5.41, 5.74) is 1.60. The molecule has 0 saturated heterocycles. The van der Waals surface area contributed by atoms with Crippen LogP contribution in [-0.2, 0) is 11.4 Å². The Hall–Kier alpha value is -1.08. The van der Waals surface area contributed by atoms with E-state index in [1.807, 2.05) is 18.2 Å². The highest BCUT2D eigenvalue weighted by molar-refractivity contribution is 6.12. The summed E-state index contributed by atoms with van der Waals surface area (Å²) >= 11 is 5.09. The summed E-state index contributed by atoms with van der Waals surface area (Å²) in [5.74, 6) is 0. The first-order valence-corrected chi connectivity index (χ1v) is 3.71. The fourth-order valence-electron chi connectivity index (χ4n) is 0.786. The van der Waals surface area contributed by atoms with Gasteiger partial charge in [0, 0.05) is 11.8 Å². The molecule has 0 atom stereocenters. The minimum atomic E-state index is 0.384. The molecule has 0 saturated carbocycles. The molecule has 3 nitrogen and oxygen atoms in total. The Morgan fingerprint density at radius 1 is 1.42 bits per heavy atom. The van der Waals surface area contributed by atoms with Crippen molar-refractivity contribution >= 4 is 11.8 Å². The third kappa shape index (κ3) is 2.51. The van der Waals surface area contributed by atoms with Crippen LogP contribution in [0.2, 0.25) is 0 Å². The zero-order valence-corrected chi connectivity index (χ0v) is 7.01. The summed E-state index contributed by atoms with van der Waals surface area (Å²) in [6.45, 7) is 0.384. The molecule has 0 aliphatic carbocycles. The van der Waals surface area contributed by atoms with Crippen molar-refractivity contribution in [3.8, 4) is 6.07 Å². The Morgan fingerprint density at radius 3 is 2.58 bits per heavy atom. The average molecular weight is 183 g/mol. The second-order valence-electron chi connectivity index (χ2n) is 2.17. The van der Waals surface area contributed by atoms with Crippen LogP contribution >= 0.6 is 11.8 Å². The molecule has 0 heterocycles. The maximum absolute atomic E-state index is 8.49. The van der Waals surface area contributed by atoms with E-state index in [2.05, 4.69) is 5.00 Å². The Kier molecular flexibility index (Phi) is 3.55. The molecule has 0 radical (unpaired) electrons. The lowest BCUT2D eigenvalue weighted by Gasteiger charge is -1.99. The Bertz CT molecular complexity index is 278. The fraction of sp³-hybridized carbons (Fsp3) is 0.125. The van der Waals surface area contributed by atoms with Crippen LogP contribution in [-0.4, -0.2) is 0 Å². The van der Waals surface area contributed by atoms with E-state index in [-0.39, 0.29) is 0 Å². The number of benzene rings is 1. The van der Waals surface area contributed by atoms with E-state index in [0.29, 0.717) is 12.2 Å². The number of nitriles is 1. The number of hydrogen-bond donors (Lipinski definition) is 1. The normalized spacial score (nSPS) is 9.33. The van der Waals surface area contributed by atoms with Crippen LogP contribution in [0.3, 0.4) is 0 Å². The molecule has 0 aromatic heterocycles. The third-order valence-corrected chi connectivity index (χ3v) is 1.49. The summed E-state index contributed by atoms with van der Waals surface area (Å²) in [6, 6.07) is 9.11. The van der Waals surface area contributed by atoms with Crippen molar-refractivity contribution in [2.75, 3.05) is 0 Å². The first-order valence-electron chi connectivity index (χ1n) is 3.33. The van der Waals surface area contributed by atoms with E-state index >= 15 is 0 Å². The number of rotatable bonds is 3. The largest absolute Gasteiger partial charge is 0.282 e. The molecule has 1 aromatic rings. The standard InChI is InChI=1S/C8H7ClN2O/c9-11-12-6-8-3-1-7(5-10)2-4-8/h1-4,11H,6H2. The summed E-state index contributed by atoms with van der Waals surface area (Å²) in [4.78, 5) is 6.78. The molecule has 0 amide bonds. The number of hydrogen-bond acceptors (Lipinski definition) is 3. The maximum atomic E-state index is 8.49. The van der Waals surface area contributed by atoms with E-state index in [1.54, 1.807) is 12.1 Å². The van der Waals surface area contributed by atoms with E-state index in [9.17, 15) is 0 Å². The van der Waals surface area contributed by atoms with Crippen LogP contribution < -0.4 is 5.00 Å². The molecule has 1 rings (SSSR count). The molecule has 62 valence electrons. The van der Waals surface area contributed by atoms with E-state index in [4.69, 9.17) is 21.9 Å². The van der Waals surface area contributed by atoms with Gasteiger partial charge in [0.15, 0.2) is 0 Å². The van der Waals surface area contributed by atoms with Crippen molar-refractivity contribution in [1.29, 1.82) is 5.26 Å². The molecule has 0 bridgehead atoms. The zero-order valence-electron chi connectivity index (χ0n) is 6.25. The van der Waals surface area contributed by atoms with E-state index < -0.39 is 0 Å². The highest BCUT2D eigenvalue weighted by Gasteiger charge is 1.92. The molecule has 0 spiro atoms. The zero-order chi connectivity index (χ0) is 8.81. The van der Waals surface area contributed by atoms with Gasteiger partial charge in [-0.05, 0) is 17.7 Å². The van der Waals surface area contributed by atoms with Gasteiger partial charge in [0.05, 0.1) is 18.2 Å². The van der Waals surface area contributed by atoms with Crippen LogP contribution in [0.1, 0.15) is 11.1 Å². The Labute approximate surface area is 75.6 Å². The third-order valence-electron chi connectivity index (χ3n) is 1.38. The first kappa shape index (κ1) is 9.01. The second kappa shape index (κ2) is 4.73. The van der Waals surface area contributed by atoms with Gasteiger partial charge in [-0.1, -0.05) is 12.1 Å². The smallest absolute Gasteiger partial charge is 0.0991 e. The lowest BCUT2D eigenvalue weighted by atomic mass is 10.2. The quantitative estimate of drug-likeness (QED) is 0.572. The van der Waals surface area contributed by atoms with Gasteiger partial charge in [-0.15, -0.1) is 5.00 Å². The molecule has 4 heteroatoms. The number of halogens is 1. The van der Waals surface area contributed by atoms with Crippen molar-refractivity contribution in [3.05, 3.63) is 35.4 Å². The lowest BCUT2D eigenvalue weighted by molar-refractivity contribution is 0.0817. The van der Waals surface area contributed by atoms with Crippen LogP contribution in [0.5, 0.6) is 0 Å². The first-order chi connectivity index (χ1) is 5.86. The van der Waals surface area contributed by atoms with Crippen LogP contribution in [0, 0.1) is 11.3 Å². The van der Waals surface area contributed by atoms with Crippen LogP contribution in [0.25, 0.3) is 0 Å². The number of nitrogens with zero attached hydrogens (tertiary/aromatic N) is 1. The molecule has 0 aliphatic heterocycles. The molecule has 0 unspecified atom stereocenters. The Balaban J connectivity index is 2.60.